The molecular weight excluding hydrogens is 481 g/mol. The number of nitrogens with zero attached hydrogens (tertiary/aromatic N) is 3. The second kappa shape index (κ2) is 11.0. The molecule has 3 aromatic rings. The van der Waals surface area contributed by atoms with Gasteiger partial charge >= 0.3 is 0 Å². The Balaban J connectivity index is 1.33. The molecule has 0 aromatic heterocycles. The molecule has 0 radical (unpaired) electrons. The molecule has 1 saturated heterocycles. The van der Waals surface area contributed by atoms with Gasteiger partial charge in [0.1, 0.15) is 11.6 Å². The summed E-state index contributed by atoms with van der Waals surface area (Å²) in [5.41, 5.74) is 2.05. The van der Waals surface area contributed by atoms with E-state index in [-0.39, 0.29) is 29.8 Å². The van der Waals surface area contributed by atoms with Crippen LogP contribution in [0.5, 0.6) is 5.75 Å². The van der Waals surface area contributed by atoms with Crippen molar-refractivity contribution in [2.24, 2.45) is 0 Å². The van der Waals surface area contributed by atoms with E-state index >= 15 is 0 Å². The Morgan fingerprint density at radius 3 is 2.19 bits per heavy atom. The normalized spacial score (nSPS) is 14.0. The molecule has 0 saturated carbocycles. The van der Waals surface area contributed by atoms with E-state index < -0.39 is 10.0 Å². The zero-order valence-corrected chi connectivity index (χ0v) is 21.2. The van der Waals surface area contributed by atoms with Crippen LogP contribution in [0.25, 0.3) is 0 Å². The summed E-state index contributed by atoms with van der Waals surface area (Å²) >= 11 is 0. The average Bonchev–Trinajstić information content (AvgIpc) is 2.89. The molecule has 0 bridgehead atoms. The third kappa shape index (κ3) is 5.62. The zero-order valence-electron chi connectivity index (χ0n) is 20.4. The molecule has 9 heteroatoms. The number of rotatable bonds is 8. The van der Waals surface area contributed by atoms with E-state index in [1.54, 1.807) is 78.6 Å². The van der Waals surface area contributed by atoms with Crippen molar-refractivity contribution in [2.45, 2.75) is 18.7 Å². The summed E-state index contributed by atoms with van der Waals surface area (Å²) < 4.78 is 47.2. The lowest BCUT2D eigenvalue weighted by atomic mass is 10.2. The molecule has 0 N–H and O–H groups in total. The third-order valence-corrected chi connectivity index (χ3v) is 8.13. The minimum Gasteiger partial charge on any atom is -0.484 e. The molecule has 0 atom stereocenters. The van der Waals surface area contributed by atoms with E-state index in [2.05, 4.69) is 0 Å². The van der Waals surface area contributed by atoms with Crippen molar-refractivity contribution in [3.05, 3.63) is 84.2 Å². The van der Waals surface area contributed by atoms with Crippen molar-refractivity contribution >= 4 is 27.3 Å². The van der Waals surface area contributed by atoms with Gasteiger partial charge in [-0.25, -0.2) is 12.8 Å². The summed E-state index contributed by atoms with van der Waals surface area (Å²) in [6, 6.07) is 20.0. The zero-order chi connectivity index (χ0) is 25.7. The second-order valence-electron chi connectivity index (χ2n) is 8.58. The van der Waals surface area contributed by atoms with Gasteiger partial charge in [-0.1, -0.05) is 29.8 Å². The number of aryl methyl sites for hydroxylation is 1. The quantitative estimate of drug-likeness (QED) is 0.456. The maximum atomic E-state index is 14.0. The Morgan fingerprint density at radius 2 is 1.58 bits per heavy atom. The summed E-state index contributed by atoms with van der Waals surface area (Å²) in [6.45, 7) is 5.89. The van der Waals surface area contributed by atoms with Gasteiger partial charge in [0.2, 0.25) is 0 Å². The van der Waals surface area contributed by atoms with Gasteiger partial charge in [0.25, 0.3) is 15.9 Å². The topological polar surface area (TPSA) is 70.2 Å². The average molecular weight is 512 g/mol. The number of hydrogen-bond acceptors (Lipinski definition) is 5. The van der Waals surface area contributed by atoms with Gasteiger partial charge in [-0.05, 0) is 62.4 Å². The Hall–Kier alpha value is -3.59. The van der Waals surface area contributed by atoms with Crippen LogP contribution < -0.4 is 13.9 Å². The first kappa shape index (κ1) is 25.5. The van der Waals surface area contributed by atoms with Crippen LogP contribution in [-0.4, -0.2) is 58.6 Å². The van der Waals surface area contributed by atoms with Crippen molar-refractivity contribution in [2.75, 3.05) is 48.5 Å². The fraction of sp³-hybridized carbons (Fsp3) is 0.296. The van der Waals surface area contributed by atoms with Crippen LogP contribution in [-0.2, 0) is 14.8 Å². The van der Waals surface area contributed by atoms with Crippen LogP contribution in [0.1, 0.15) is 12.5 Å². The lowest BCUT2D eigenvalue weighted by Gasteiger charge is -2.36. The Morgan fingerprint density at radius 1 is 0.944 bits per heavy atom. The fourth-order valence-electron chi connectivity index (χ4n) is 4.18. The maximum absolute atomic E-state index is 14.0. The minimum absolute atomic E-state index is 0.127. The summed E-state index contributed by atoms with van der Waals surface area (Å²) in [4.78, 5) is 16.5. The Labute approximate surface area is 211 Å². The third-order valence-electron chi connectivity index (χ3n) is 6.21. The van der Waals surface area contributed by atoms with Crippen molar-refractivity contribution in [1.82, 2.24) is 4.90 Å². The first-order valence-electron chi connectivity index (χ1n) is 11.9. The van der Waals surface area contributed by atoms with Crippen molar-refractivity contribution in [3.63, 3.8) is 0 Å². The standard InChI is InChI=1S/C27H30FN3O4S/c1-3-31(36(33,34)24-14-8-21(2)9-15-24)22-10-12-23(13-11-22)35-20-27(32)30-18-16-29(17-19-30)26-7-5-4-6-25(26)28/h4-15H,3,16-20H2,1-2H3. The van der Waals surface area contributed by atoms with Crippen LogP contribution in [0, 0.1) is 12.7 Å². The summed E-state index contributed by atoms with van der Waals surface area (Å²) in [5, 5.41) is 0. The number of piperazine rings is 1. The van der Waals surface area contributed by atoms with E-state index in [1.807, 2.05) is 11.8 Å². The van der Waals surface area contributed by atoms with E-state index in [9.17, 15) is 17.6 Å². The molecule has 1 heterocycles. The Bertz CT molecular complexity index is 1290. The highest BCUT2D eigenvalue weighted by atomic mass is 32.2. The van der Waals surface area contributed by atoms with Gasteiger partial charge in [-0.15, -0.1) is 0 Å². The first-order valence-corrected chi connectivity index (χ1v) is 13.3. The molecule has 1 aliphatic rings. The van der Waals surface area contributed by atoms with Crippen molar-refractivity contribution in [3.8, 4) is 5.75 Å². The van der Waals surface area contributed by atoms with Crippen LogP contribution in [0.15, 0.2) is 77.7 Å². The van der Waals surface area contributed by atoms with Crippen LogP contribution in [0.2, 0.25) is 0 Å². The lowest BCUT2D eigenvalue weighted by molar-refractivity contribution is -0.133. The minimum atomic E-state index is -3.70. The molecule has 190 valence electrons. The highest BCUT2D eigenvalue weighted by Crippen LogP contribution is 2.26. The Kier molecular flexibility index (Phi) is 7.79. The number of ether oxygens (including phenoxy) is 1. The number of sulfonamides is 1. The number of halogens is 1. The number of carbonyl (C=O) groups is 1. The number of amides is 1. The molecule has 3 aromatic carbocycles. The number of carbonyl (C=O) groups excluding carboxylic acids is 1. The second-order valence-corrected chi connectivity index (χ2v) is 10.4. The first-order chi connectivity index (χ1) is 17.3. The molecule has 0 unspecified atom stereocenters. The predicted molar refractivity (Wildman–Crippen MR) is 139 cm³/mol. The highest BCUT2D eigenvalue weighted by Gasteiger charge is 2.25. The molecule has 1 aliphatic heterocycles. The largest absolute Gasteiger partial charge is 0.484 e. The molecule has 1 fully saturated rings. The highest BCUT2D eigenvalue weighted by molar-refractivity contribution is 7.92. The number of hydrogen-bond donors (Lipinski definition) is 0. The summed E-state index contributed by atoms with van der Waals surface area (Å²) in [6.07, 6.45) is 0. The van der Waals surface area contributed by atoms with Gasteiger partial charge in [0.05, 0.1) is 16.3 Å². The van der Waals surface area contributed by atoms with Gasteiger partial charge in [-0.2, -0.15) is 0 Å². The molecule has 1 amide bonds. The SMILES string of the molecule is CCN(c1ccc(OCC(=O)N2CCN(c3ccccc3F)CC2)cc1)S(=O)(=O)c1ccc(C)cc1. The molecule has 0 aliphatic carbocycles. The maximum Gasteiger partial charge on any atom is 0.264 e. The molecule has 0 spiro atoms. The molecule has 4 rings (SSSR count). The number of anilines is 2. The van der Waals surface area contributed by atoms with E-state index in [0.29, 0.717) is 43.3 Å². The summed E-state index contributed by atoms with van der Waals surface area (Å²) in [5.74, 6) is 0.0580. The van der Waals surface area contributed by atoms with Gasteiger partial charge < -0.3 is 14.5 Å². The van der Waals surface area contributed by atoms with Crippen molar-refractivity contribution in [1.29, 1.82) is 0 Å². The van der Waals surface area contributed by atoms with Crippen molar-refractivity contribution < 1.29 is 22.3 Å². The monoisotopic (exact) mass is 511 g/mol. The summed E-state index contributed by atoms with van der Waals surface area (Å²) in [7, 11) is -3.70. The number of para-hydroxylation sites is 1. The van der Waals surface area contributed by atoms with E-state index in [4.69, 9.17) is 4.74 Å². The number of benzene rings is 3. The van der Waals surface area contributed by atoms with Gasteiger partial charge in [-0.3, -0.25) is 9.10 Å². The predicted octanol–water partition coefficient (Wildman–Crippen LogP) is 4.08. The van der Waals surface area contributed by atoms with Crippen LogP contribution >= 0.6 is 0 Å². The van der Waals surface area contributed by atoms with Crippen LogP contribution in [0.4, 0.5) is 15.8 Å². The molecular formula is C27H30FN3O4S. The van der Waals surface area contributed by atoms with Gasteiger partial charge in [0, 0.05) is 32.7 Å². The molecule has 7 nitrogen and oxygen atoms in total. The smallest absolute Gasteiger partial charge is 0.264 e. The van der Waals surface area contributed by atoms with Crippen LogP contribution in [0.3, 0.4) is 0 Å². The molecule has 36 heavy (non-hydrogen) atoms. The van der Waals surface area contributed by atoms with E-state index in [0.717, 1.165) is 5.56 Å². The lowest BCUT2D eigenvalue weighted by Crippen LogP contribution is -2.50. The van der Waals surface area contributed by atoms with Gasteiger partial charge in [0.15, 0.2) is 6.61 Å². The fourth-order valence-corrected chi connectivity index (χ4v) is 5.65. The van der Waals surface area contributed by atoms with E-state index in [1.165, 1.54) is 10.4 Å².